The number of amides is 5. The van der Waals surface area contributed by atoms with Crippen molar-refractivity contribution in [2.24, 2.45) is 0 Å². The molecule has 0 saturated heterocycles. The highest BCUT2D eigenvalue weighted by Gasteiger charge is 2.24. The molecule has 0 atom stereocenters. The van der Waals surface area contributed by atoms with Crippen LogP contribution in [-0.4, -0.2) is 184 Å². The lowest BCUT2D eigenvalue weighted by atomic mass is 9.81. The van der Waals surface area contributed by atoms with Gasteiger partial charge in [0.1, 0.15) is 28.7 Å². The summed E-state index contributed by atoms with van der Waals surface area (Å²) < 4.78 is 29.4. The highest BCUT2D eigenvalue weighted by molar-refractivity contribution is 6.11. The largest absolute Gasteiger partial charge is 0.493 e. The minimum Gasteiger partial charge on any atom is -0.493 e. The molecular weight excluding hydrogens is 1810 g/mol. The minimum atomic E-state index is -0.190. The van der Waals surface area contributed by atoms with Crippen LogP contribution in [0.3, 0.4) is 0 Å². The van der Waals surface area contributed by atoms with Gasteiger partial charge >= 0.3 is 0 Å². The number of allylic oxidation sites excluding steroid dienone is 9. The Bertz CT molecular complexity index is 6250. The number of carbonyl (C=O) groups is 10. The molecule has 0 N–H and O–H groups in total. The van der Waals surface area contributed by atoms with Crippen molar-refractivity contribution >= 4 is 88.8 Å². The maximum Gasteiger partial charge on any atom is 0.253 e. The lowest BCUT2D eigenvalue weighted by molar-refractivity contribution is 0.0820. The van der Waals surface area contributed by atoms with E-state index in [-0.39, 0.29) is 93.7 Å². The van der Waals surface area contributed by atoms with Crippen LogP contribution < -0.4 is 23.7 Å². The number of rotatable bonds is 41. The van der Waals surface area contributed by atoms with E-state index < -0.39 is 0 Å². The van der Waals surface area contributed by atoms with Crippen LogP contribution in [0.15, 0.2) is 280 Å². The smallest absolute Gasteiger partial charge is 0.253 e. The maximum atomic E-state index is 12.7. The van der Waals surface area contributed by atoms with Crippen LogP contribution in [0.2, 0.25) is 0 Å². The molecule has 5 amide bonds. The van der Waals surface area contributed by atoms with Gasteiger partial charge in [-0.1, -0.05) is 170 Å². The summed E-state index contributed by atoms with van der Waals surface area (Å²) in [7, 11) is 17.0. The maximum absolute atomic E-state index is 12.7. The molecule has 0 bridgehead atoms. The van der Waals surface area contributed by atoms with E-state index in [2.05, 4.69) is 92.0 Å². The van der Waals surface area contributed by atoms with Crippen LogP contribution in [0.4, 0.5) is 0 Å². The average molecular weight is 1960 g/mol. The summed E-state index contributed by atoms with van der Waals surface area (Å²) in [6, 6.07) is 63.8. The second-order valence-corrected chi connectivity index (χ2v) is 38.2. The third-order valence-electron chi connectivity index (χ3n) is 22.8. The first-order valence-electron chi connectivity index (χ1n) is 49.2. The minimum absolute atomic E-state index is 0.0369. The molecular formula is C125H149N5O15. The molecule has 0 heterocycles. The van der Waals surface area contributed by atoms with E-state index in [0.717, 1.165) is 112 Å². The SMILES string of the molecule is C=CC(C)(C)c1ccc(OCCC)c(C=CC(=O)c2ccc(C(=O)N(C)C)cc2)c1.C=CCc1ccc(OC(C)C)c(C=CC(=O)c2ccc(C(=O)N(C)C)cc2)c1.CC=CCc1ccc(OC(C)C)c(C=CC(=O)c2ccc(C(=O)N(C)C)cc2)c1.CCC(C)(C)c1ccc(OC(C)C)c(C=CC(=O)c2ccc(C(=O)N(C)C)cc2)c1.CCCc1ccc(OC(C)C)c(C=CC(=O)c2ccc(C(=O)N(C)C)cc2)c1. The number of hydrogen-bond donors (Lipinski definition) is 0. The summed E-state index contributed by atoms with van der Waals surface area (Å²) in [6.45, 7) is 41.1. The first kappa shape index (κ1) is 119. The standard InChI is InChI=1S/C26H33NO3.C26H31NO3.C25H29NO3.C24H29NO3.C24H27NO3/c1-8-26(4,5)22-14-16-24(30-18(2)3)21(17-22)13-15-23(28)19-9-11-20(12-10-19)25(29)27(6)7;1-7-17-30-24-16-14-22(26(3,4)8-2)18-21(24)13-15-23(28)19-9-11-20(12-10-19)25(29)27(5)6;1-6-7-8-19-9-16-24(29-18(2)3)22(17-19)14-15-23(27)20-10-12-21(13-11-20)25(28)26(4)5;2*1-6-7-18-8-15-23(28-17(2)3)21(16-18)13-14-22(26)19-9-11-20(12-10-19)24(27)25(4)5/h9-18H,8H2,1-7H3;8-16,18H,2,7,17H2,1,3-6H3;6-7,9-18H,8H2,1-5H3;8-17H,6-7H2,1-5H3;6,8-17H,1,7H2,2-5H3. The number of carbonyl (C=O) groups excluding carboxylic acids is 10. The average Bonchev–Trinajstić information content (AvgIpc) is 0.812. The van der Waals surface area contributed by atoms with E-state index in [1.54, 1.807) is 240 Å². The number of ketones is 5. The van der Waals surface area contributed by atoms with Crippen molar-refractivity contribution in [1.29, 1.82) is 0 Å². The molecule has 0 aliphatic rings. The molecule has 0 fully saturated rings. The van der Waals surface area contributed by atoms with Gasteiger partial charge in [0.25, 0.3) is 29.5 Å². The van der Waals surface area contributed by atoms with Gasteiger partial charge in [-0.05, 0) is 310 Å². The van der Waals surface area contributed by atoms with Gasteiger partial charge in [0, 0.05) is 159 Å². The predicted molar refractivity (Wildman–Crippen MR) is 593 cm³/mol. The number of aryl methyl sites for hydroxylation is 1. The molecule has 145 heavy (non-hydrogen) atoms. The lowest BCUT2D eigenvalue weighted by Crippen LogP contribution is -2.21. The molecule has 10 aromatic rings. The fraction of sp³-hybridized carbons (Fsp3) is 0.312. The molecule has 764 valence electrons. The van der Waals surface area contributed by atoms with E-state index in [1.807, 2.05) is 153 Å². The van der Waals surface area contributed by atoms with Gasteiger partial charge in [0.15, 0.2) is 28.9 Å². The van der Waals surface area contributed by atoms with Crippen LogP contribution in [-0.2, 0) is 30.1 Å². The molecule has 20 heteroatoms. The van der Waals surface area contributed by atoms with Gasteiger partial charge in [-0.3, -0.25) is 47.9 Å². The summed E-state index contributed by atoms with van der Waals surface area (Å²) in [4.78, 5) is 130. The van der Waals surface area contributed by atoms with Gasteiger partial charge in [0.05, 0.1) is 31.0 Å². The third kappa shape index (κ3) is 38.2. The van der Waals surface area contributed by atoms with Gasteiger partial charge in [0.2, 0.25) is 0 Å². The van der Waals surface area contributed by atoms with Crippen molar-refractivity contribution in [3.8, 4) is 28.7 Å². The summed E-state index contributed by atoms with van der Waals surface area (Å²) in [6.07, 6.45) is 30.3. The third-order valence-corrected chi connectivity index (χ3v) is 22.8. The number of nitrogens with zero attached hydrogens (tertiary/aromatic N) is 5. The zero-order valence-electron chi connectivity index (χ0n) is 89.8. The van der Waals surface area contributed by atoms with Gasteiger partial charge in [-0.25, -0.2) is 0 Å². The van der Waals surface area contributed by atoms with E-state index >= 15 is 0 Å². The molecule has 0 radical (unpaired) electrons. The Labute approximate surface area is 861 Å². The molecule has 0 spiro atoms. The molecule has 10 aromatic carbocycles. The fourth-order valence-corrected chi connectivity index (χ4v) is 14.1. The van der Waals surface area contributed by atoms with E-state index in [0.29, 0.717) is 62.2 Å². The topological polar surface area (TPSA) is 233 Å². The van der Waals surface area contributed by atoms with Crippen LogP contribution in [0.25, 0.3) is 30.4 Å². The lowest BCUT2D eigenvalue weighted by Gasteiger charge is -2.24. The van der Waals surface area contributed by atoms with Crippen LogP contribution in [0.1, 0.15) is 289 Å². The van der Waals surface area contributed by atoms with Gasteiger partial charge in [-0.15, -0.1) is 13.2 Å². The highest BCUT2D eigenvalue weighted by atomic mass is 16.5. The summed E-state index contributed by atoms with van der Waals surface area (Å²) >= 11 is 0. The van der Waals surface area contributed by atoms with Crippen molar-refractivity contribution < 1.29 is 71.6 Å². The first-order chi connectivity index (χ1) is 68.7. The first-order valence-corrected chi connectivity index (χ1v) is 49.2. The monoisotopic (exact) mass is 1960 g/mol. The Hall–Kier alpha value is -15.2. The van der Waals surface area contributed by atoms with Crippen molar-refractivity contribution in [3.63, 3.8) is 0 Å². The quantitative estimate of drug-likeness (QED) is 0.0197. The van der Waals surface area contributed by atoms with Crippen molar-refractivity contribution in [2.45, 2.75) is 185 Å². The van der Waals surface area contributed by atoms with Gasteiger partial charge < -0.3 is 48.2 Å². The molecule has 0 unspecified atom stereocenters. The molecule has 0 aliphatic carbocycles. The van der Waals surface area contributed by atoms with E-state index in [1.165, 1.54) is 41.7 Å². The van der Waals surface area contributed by atoms with Crippen LogP contribution >= 0.6 is 0 Å². The molecule has 10 rings (SSSR count). The Kier molecular flexibility index (Phi) is 47.7. The molecule has 20 nitrogen and oxygen atoms in total. The zero-order chi connectivity index (χ0) is 108. The van der Waals surface area contributed by atoms with Crippen LogP contribution in [0.5, 0.6) is 28.7 Å². The second kappa shape index (κ2) is 58.4. The highest BCUT2D eigenvalue weighted by Crippen LogP contribution is 2.35. The summed E-state index contributed by atoms with van der Waals surface area (Å²) in [5.41, 5.74) is 15.4. The second-order valence-electron chi connectivity index (χ2n) is 38.2. The summed E-state index contributed by atoms with van der Waals surface area (Å²) in [5, 5.41) is 0. The van der Waals surface area contributed by atoms with Crippen molar-refractivity contribution in [1.82, 2.24) is 24.5 Å². The van der Waals surface area contributed by atoms with Crippen molar-refractivity contribution in [3.05, 3.63) is 391 Å². The normalized spacial score (nSPS) is 11.3. The number of hydrogen-bond acceptors (Lipinski definition) is 15. The Balaban J connectivity index is 0.000000277. The van der Waals surface area contributed by atoms with E-state index in [9.17, 15) is 47.9 Å². The molecule has 0 aromatic heterocycles. The van der Waals surface area contributed by atoms with Gasteiger partial charge in [-0.2, -0.15) is 0 Å². The van der Waals surface area contributed by atoms with E-state index in [4.69, 9.17) is 23.7 Å². The Morgan fingerprint density at radius 1 is 0.310 bits per heavy atom. The Morgan fingerprint density at radius 2 is 0.559 bits per heavy atom. The zero-order valence-corrected chi connectivity index (χ0v) is 89.8. The molecule has 0 saturated carbocycles. The fourth-order valence-electron chi connectivity index (χ4n) is 14.1. The molecule has 0 aliphatic heterocycles. The Morgan fingerprint density at radius 3 is 0.821 bits per heavy atom. The number of ether oxygens (including phenoxy) is 5. The summed E-state index contributed by atoms with van der Waals surface area (Å²) in [5.74, 6) is 2.70. The predicted octanol–water partition coefficient (Wildman–Crippen LogP) is 26.3. The van der Waals surface area contributed by atoms with Crippen LogP contribution in [0, 0.1) is 0 Å². The number of benzene rings is 10. The van der Waals surface area contributed by atoms with Crippen molar-refractivity contribution in [2.75, 3.05) is 77.1 Å².